The molecular weight excluding hydrogens is 322 g/mol. The molecule has 1 atom stereocenters. The predicted molar refractivity (Wildman–Crippen MR) is 91.4 cm³/mol. The summed E-state index contributed by atoms with van der Waals surface area (Å²) in [6.07, 6.45) is 2.67. The van der Waals surface area contributed by atoms with Gasteiger partial charge in [0, 0.05) is 30.3 Å². The number of ether oxygens (including phenoxy) is 1. The molecule has 1 aliphatic heterocycles. The second-order valence-electron chi connectivity index (χ2n) is 7.85. The van der Waals surface area contributed by atoms with E-state index in [9.17, 15) is 14.7 Å². The summed E-state index contributed by atoms with van der Waals surface area (Å²) >= 11 is 0. The van der Waals surface area contributed by atoms with Crippen LogP contribution in [0.15, 0.2) is 18.3 Å². The molecule has 7 heteroatoms. The first-order chi connectivity index (χ1) is 11.7. The van der Waals surface area contributed by atoms with E-state index in [0.717, 1.165) is 18.4 Å². The van der Waals surface area contributed by atoms with E-state index in [0.29, 0.717) is 19.0 Å². The predicted octanol–water partition coefficient (Wildman–Crippen LogP) is 2.05. The molecule has 25 heavy (non-hydrogen) atoms. The van der Waals surface area contributed by atoms with Gasteiger partial charge in [-0.25, -0.2) is 9.78 Å². The lowest BCUT2D eigenvalue weighted by Gasteiger charge is -2.27. The van der Waals surface area contributed by atoms with Crippen molar-refractivity contribution in [2.24, 2.45) is 10.8 Å². The zero-order valence-electron chi connectivity index (χ0n) is 14.9. The van der Waals surface area contributed by atoms with E-state index in [1.807, 2.05) is 32.9 Å². The van der Waals surface area contributed by atoms with Crippen LogP contribution in [0.5, 0.6) is 5.88 Å². The van der Waals surface area contributed by atoms with Gasteiger partial charge in [-0.05, 0) is 39.7 Å². The lowest BCUT2D eigenvalue weighted by Crippen LogP contribution is -2.49. The zero-order valence-corrected chi connectivity index (χ0v) is 14.9. The van der Waals surface area contributed by atoms with Gasteiger partial charge in [0.05, 0.1) is 11.5 Å². The molecule has 2 amide bonds. The van der Waals surface area contributed by atoms with Crippen LogP contribution >= 0.6 is 0 Å². The Morgan fingerprint density at radius 3 is 2.80 bits per heavy atom. The van der Waals surface area contributed by atoms with Gasteiger partial charge in [-0.15, -0.1) is 0 Å². The first-order valence-corrected chi connectivity index (χ1v) is 8.57. The number of pyridine rings is 1. The number of hydrogen-bond acceptors (Lipinski definition) is 4. The Balaban J connectivity index is 1.60. The van der Waals surface area contributed by atoms with Crippen molar-refractivity contribution in [3.05, 3.63) is 23.9 Å². The molecule has 0 aromatic carbocycles. The Bertz CT molecular complexity index is 685. The van der Waals surface area contributed by atoms with Gasteiger partial charge in [0.15, 0.2) is 0 Å². The molecular formula is C18H25N3O4. The Labute approximate surface area is 147 Å². The van der Waals surface area contributed by atoms with E-state index >= 15 is 0 Å². The third-order valence-corrected chi connectivity index (χ3v) is 5.26. The van der Waals surface area contributed by atoms with Crippen LogP contribution in [-0.2, 0) is 4.79 Å². The monoisotopic (exact) mass is 347 g/mol. The van der Waals surface area contributed by atoms with Gasteiger partial charge in [0.1, 0.15) is 6.61 Å². The highest BCUT2D eigenvalue weighted by Crippen LogP contribution is 2.52. The number of carbonyl (C=O) groups is 2. The van der Waals surface area contributed by atoms with Gasteiger partial charge < -0.3 is 20.1 Å². The Morgan fingerprint density at radius 2 is 2.20 bits per heavy atom. The fourth-order valence-corrected chi connectivity index (χ4v) is 3.27. The number of carbonyl (C=O) groups excluding carboxylic acids is 1. The molecule has 2 fully saturated rings. The Hall–Kier alpha value is -2.31. The van der Waals surface area contributed by atoms with E-state index < -0.39 is 11.5 Å². The van der Waals surface area contributed by atoms with Crippen LogP contribution in [0.25, 0.3) is 0 Å². The maximum Gasteiger partial charge on any atom is 0.407 e. The van der Waals surface area contributed by atoms with E-state index in [1.54, 1.807) is 6.20 Å². The summed E-state index contributed by atoms with van der Waals surface area (Å²) in [4.78, 5) is 29.5. The molecule has 2 heterocycles. The summed E-state index contributed by atoms with van der Waals surface area (Å²) < 4.78 is 5.74. The van der Waals surface area contributed by atoms with E-state index in [1.165, 1.54) is 4.90 Å². The maximum atomic E-state index is 12.7. The average molecular weight is 347 g/mol. The van der Waals surface area contributed by atoms with Gasteiger partial charge in [-0.1, -0.05) is 6.07 Å². The summed E-state index contributed by atoms with van der Waals surface area (Å²) in [5.74, 6) is 0.407. The van der Waals surface area contributed by atoms with Crippen LogP contribution in [0, 0.1) is 17.8 Å². The molecule has 3 rings (SSSR count). The first kappa shape index (κ1) is 17.5. The molecule has 0 bridgehead atoms. The third-order valence-electron chi connectivity index (χ3n) is 5.26. The Kier molecular flexibility index (Phi) is 4.34. The number of aromatic nitrogens is 1. The minimum atomic E-state index is -0.920. The summed E-state index contributed by atoms with van der Waals surface area (Å²) in [5.41, 5.74) is 0.114. The minimum Gasteiger partial charge on any atom is -0.476 e. The van der Waals surface area contributed by atoms with Crippen LogP contribution in [0.3, 0.4) is 0 Å². The van der Waals surface area contributed by atoms with Crippen LogP contribution in [-0.4, -0.2) is 52.7 Å². The fourth-order valence-electron chi connectivity index (χ4n) is 3.27. The highest BCUT2D eigenvalue weighted by Gasteiger charge is 2.57. The van der Waals surface area contributed by atoms with E-state index in [2.05, 4.69) is 10.3 Å². The Morgan fingerprint density at radius 1 is 1.48 bits per heavy atom. The summed E-state index contributed by atoms with van der Waals surface area (Å²) in [7, 11) is 0. The van der Waals surface area contributed by atoms with E-state index in [4.69, 9.17) is 4.74 Å². The third kappa shape index (κ3) is 3.55. The number of aryl methyl sites for hydroxylation is 1. The van der Waals surface area contributed by atoms with Crippen molar-refractivity contribution in [1.82, 2.24) is 15.2 Å². The number of nitrogens with zero attached hydrogens (tertiary/aromatic N) is 2. The number of carboxylic acid groups (broad SMARTS) is 1. The van der Waals surface area contributed by atoms with Gasteiger partial charge in [-0.2, -0.15) is 0 Å². The van der Waals surface area contributed by atoms with Crippen LogP contribution in [0.4, 0.5) is 4.79 Å². The van der Waals surface area contributed by atoms with Crippen molar-refractivity contribution in [3.8, 4) is 5.88 Å². The highest BCUT2D eigenvalue weighted by molar-refractivity contribution is 5.82. The molecule has 1 aromatic heterocycles. The molecule has 1 saturated heterocycles. The quantitative estimate of drug-likeness (QED) is 0.850. The number of rotatable bonds is 5. The van der Waals surface area contributed by atoms with Gasteiger partial charge >= 0.3 is 6.09 Å². The molecule has 1 aliphatic carbocycles. The van der Waals surface area contributed by atoms with Crippen LogP contribution in [0.2, 0.25) is 0 Å². The molecule has 2 aliphatic rings. The molecule has 1 aromatic rings. The second-order valence-corrected chi connectivity index (χ2v) is 7.85. The minimum absolute atomic E-state index is 0.0669. The molecule has 136 valence electrons. The van der Waals surface area contributed by atoms with E-state index in [-0.39, 0.29) is 24.0 Å². The van der Waals surface area contributed by atoms with Gasteiger partial charge in [-0.3, -0.25) is 4.79 Å². The number of hydrogen-bond donors (Lipinski definition) is 2. The SMILES string of the molecule is Cc1cccnc1OCC(C)(C)C(=O)N[C@H]1CN(C(=O)O)CC12CC2. The molecule has 0 unspecified atom stereocenters. The van der Waals surface area contributed by atoms with Crippen molar-refractivity contribution in [2.45, 2.75) is 39.7 Å². The maximum absolute atomic E-state index is 12.7. The van der Waals surface area contributed by atoms with Crippen LogP contribution < -0.4 is 10.1 Å². The second kappa shape index (κ2) is 6.20. The molecule has 1 saturated carbocycles. The normalized spacial score (nSPS) is 21.2. The van der Waals surface area contributed by atoms with Crippen molar-refractivity contribution >= 4 is 12.0 Å². The average Bonchev–Trinajstić information content (AvgIpc) is 3.23. The summed E-state index contributed by atoms with van der Waals surface area (Å²) in [5, 5.41) is 12.3. The lowest BCUT2D eigenvalue weighted by atomic mass is 9.91. The van der Waals surface area contributed by atoms with Crippen molar-refractivity contribution in [1.29, 1.82) is 0 Å². The zero-order chi connectivity index (χ0) is 18.2. The first-order valence-electron chi connectivity index (χ1n) is 8.57. The topological polar surface area (TPSA) is 91.8 Å². The smallest absolute Gasteiger partial charge is 0.407 e. The number of nitrogens with one attached hydrogen (secondary N) is 1. The standard InChI is InChI=1S/C18H25N3O4/c1-12-5-4-8-19-14(12)25-11-17(2,3)15(22)20-13-9-21(16(23)24)10-18(13)6-7-18/h4-5,8,13H,6-7,9-11H2,1-3H3,(H,20,22)(H,23,24)/t13-/m0/s1. The largest absolute Gasteiger partial charge is 0.476 e. The lowest BCUT2D eigenvalue weighted by molar-refractivity contribution is -0.131. The van der Waals surface area contributed by atoms with Gasteiger partial charge in [0.25, 0.3) is 0 Å². The highest BCUT2D eigenvalue weighted by atomic mass is 16.5. The number of amides is 2. The number of likely N-dealkylation sites (tertiary alicyclic amines) is 1. The van der Waals surface area contributed by atoms with Crippen molar-refractivity contribution < 1.29 is 19.4 Å². The fraction of sp³-hybridized carbons (Fsp3) is 0.611. The van der Waals surface area contributed by atoms with Crippen molar-refractivity contribution in [3.63, 3.8) is 0 Å². The molecule has 7 nitrogen and oxygen atoms in total. The summed E-state index contributed by atoms with van der Waals surface area (Å²) in [6.45, 7) is 6.63. The molecule has 0 radical (unpaired) electrons. The molecule has 1 spiro atoms. The molecule has 2 N–H and O–H groups in total. The van der Waals surface area contributed by atoms with Gasteiger partial charge in [0.2, 0.25) is 11.8 Å². The van der Waals surface area contributed by atoms with Crippen LogP contribution in [0.1, 0.15) is 32.3 Å². The summed E-state index contributed by atoms with van der Waals surface area (Å²) in [6, 6.07) is 3.63. The van der Waals surface area contributed by atoms with Crippen molar-refractivity contribution in [2.75, 3.05) is 19.7 Å².